The summed E-state index contributed by atoms with van der Waals surface area (Å²) in [6, 6.07) is 0. The molecular weight excluding hydrogens is 230 g/mol. The Morgan fingerprint density at radius 3 is 2.82 bits per heavy atom. The van der Waals surface area contributed by atoms with Crippen molar-refractivity contribution in [3.8, 4) is 0 Å². The van der Waals surface area contributed by atoms with Gasteiger partial charge in [-0.2, -0.15) is 11.8 Å². The molecule has 0 amide bonds. The van der Waals surface area contributed by atoms with E-state index in [1.165, 1.54) is 24.3 Å². The highest BCUT2D eigenvalue weighted by Gasteiger charge is 2.27. The van der Waals surface area contributed by atoms with E-state index in [0.717, 1.165) is 23.1 Å². The Kier molecular flexibility index (Phi) is 4.40. The monoisotopic (exact) mass is 251 g/mol. The average molecular weight is 251 g/mol. The summed E-state index contributed by atoms with van der Waals surface area (Å²) in [7, 11) is 0. The van der Waals surface area contributed by atoms with Crippen molar-refractivity contribution in [1.82, 2.24) is 9.97 Å². The van der Waals surface area contributed by atoms with Gasteiger partial charge in [-0.3, -0.25) is 0 Å². The van der Waals surface area contributed by atoms with Gasteiger partial charge < -0.3 is 5.73 Å². The van der Waals surface area contributed by atoms with Gasteiger partial charge in [0.25, 0.3) is 0 Å². The van der Waals surface area contributed by atoms with Gasteiger partial charge in [0.05, 0.1) is 11.4 Å². The molecule has 1 heterocycles. The van der Waals surface area contributed by atoms with E-state index in [9.17, 15) is 0 Å². The summed E-state index contributed by atoms with van der Waals surface area (Å²) in [6.45, 7) is 5.03. The van der Waals surface area contributed by atoms with Crippen LogP contribution in [-0.2, 0) is 12.3 Å². The molecule has 1 aliphatic rings. The molecule has 3 nitrogen and oxygen atoms in total. The predicted molar refractivity (Wildman–Crippen MR) is 72.9 cm³/mol. The lowest BCUT2D eigenvalue weighted by molar-refractivity contribution is 0.749. The summed E-state index contributed by atoms with van der Waals surface area (Å²) in [4.78, 5) is 9.10. The Bertz CT molecular complexity index is 375. The van der Waals surface area contributed by atoms with Gasteiger partial charge in [0.2, 0.25) is 0 Å². The van der Waals surface area contributed by atoms with Gasteiger partial charge in [-0.25, -0.2) is 9.97 Å². The summed E-state index contributed by atoms with van der Waals surface area (Å²) in [5.41, 5.74) is 8.06. The molecule has 2 rings (SSSR count). The fraction of sp³-hybridized carbons (Fsp3) is 0.692. The Morgan fingerprint density at radius 2 is 2.24 bits per heavy atom. The number of hydrogen-bond donors (Lipinski definition) is 1. The molecular formula is C13H21N3S. The molecule has 0 radical (unpaired) electrons. The molecule has 1 fully saturated rings. The van der Waals surface area contributed by atoms with Crippen molar-refractivity contribution in [1.29, 1.82) is 0 Å². The zero-order valence-corrected chi connectivity index (χ0v) is 11.5. The van der Waals surface area contributed by atoms with Gasteiger partial charge in [-0.15, -0.1) is 0 Å². The van der Waals surface area contributed by atoms with E-state index in [1.54, 1.807) is 0 Å². The zero-order chi connectivity index (χ0) is 12.3. The number of aromatic nitrogens is 2. The zero-order valence-electron chi connectivity index (χ0n) is 10.6. The molecule has 0 aliphatic heterocycles. The van der Waals surface area contributed by atoms with Gasteiger partial charge in [0.1, 0.15) is 5.82 Å². The third-order valence-electron chi connectivity index (χ3n) is 2.81. The number of rotatable bonds is 6. The standard InChI is InChI=1S/C13H21N3S/c1-9(2)7-17-8-12-15-6-11(5-14)13(16-12)10-3-4-10/h6,9-10H,3-5,7-8,14H2,1-2H3. The van der Waals surface area contributed by atoms with Gasteiger partial charge in [-0.05, 0) is 24.5 Å². The van der Waals surface area contributed by atoms with Gasteiger partial charge >= 0.3 is 0 Å². The minimum absolute atomic E-state index is 0.561. The lowest BCUT2D eigenvalue weighted by Crippen LogP contribution is -2.07. The van der Waals surface area contributed by atoms with Crippen LogP contribution in [0.4, 0.5) is 0 Å². The smallest absolute Gasteiger partial charge is 0.138 e. The van der Waals surface area contributed by atoms with Crippen LogP contribution in [0.1, 0.15) is 49.7 Å². The second kappa shape index (κ2) is 5.83. The van der Waals surface area contributed by atoms with E-state index >= 15 is 0 Å². The van der Waals surface area contributed by atoms with Crippen LogP contribution in [0.25, 0.3) is 0 Å². The Balaban J connectivity index is 2.00. The van der Waals surface area contributed by atoms with Crippen LogP contribution in [0, 0.1) is 5.92 Å². The van der Waals surface area contributed by atoms with E-state index < -0.39 is 0 Å². The maximum absolute atomic E-state index is 5.72. The first-order valence-corrected chi connectivity index (χ1v) is 7.48. The molecule has 94 valence electrons. The van der Waals surface area contributed by atoms with Crippen molar-refractivity contribution >= 4 is 11.8 Å². The normalized spacial score (nSPS) is 15.5. The minimum atomic E-state index is 0.561. The fourth-order valence-corrected chi connectivity index (χ4v) is 2.69. The third kappa shape index (κ3) is 3.68. The maximum atomic E-state index is 5.72. The first kappa shape index (κ1) is 12.8. The van der Waals surface area contributed by atoms with Crippen LogP contribution < -0.4 is 5.73 Å². The van der Waals surface area contributed by atoms with Gasteiger partial charge in [-0.1, -0.05) is 13.8 Å². The van der Waals surface area contributed by atoms with Crippen LogP contribution in [0.3, 0.4) is 0 Å². The van der Waals surface area contributed by atoms with Crippen molar-refractivity contribution < 1.29 is 0 Å². The topological polar surface area (TPSA) is 51.8 Å². The molecule has 1 saturated carbocycles. The molecule has 1 aliphatic carbocycles. The van der Waals surface area contributed by atoms with Crippen LogP contribution >= 0.6 is 11.8 Å². The summed E-state index contributed by atoms with van der Waals surface area (Å²) < 4.78 is 0. The fourth-order valence-electron chi connectivity index (χ4n) is 1.78. The third-order valence-corrected chi connectivity index (χ3v) is 4.18. The largest absolute Gasteiger partial charge is 0.326 e. The van der Waals surface area contributed by atoms with Crippen molar-refractivity contribution in [3.63, 3.8) is 0 Å². The average Bonchev–Trinajstić information content (AvgIpc) is 3.12. The summed E-state index contributed by atoms with van der Waals surface area (Å²) in [6.07, 6.45) is 4.46. The number of nitrogens with two attached hydrogens (primary N) is 1. The van der Waals surface area contributed by atoms with E-state index in [1.807, 2.05) is 18.0 Å². The Hall–Kier alpha value is -0.610. The molecule has 2 N–H and O–H groups in total. The van der Waals surface area contributed by atoms with Crippen molar-refractivity contribution in [3.05, 3.63) is 23.3 Å². The van der Waals surface area contributed by atoms with Crippen LogP contribution in [0.5, 0.6) is 0 Å². The van der Waals surface area contributed by atoms with Crippen molar-refractivity contribution in [2.45, 2.75) is 44.9 Å². The SMILES string of the molecule is CC(C)CSCc1ncc(CN)c(C2CC2)n1. The molecule has 1 aromatic heterocycles. The molecule has 0 spiro atoms. The summed E-state index contributed by atoms with van der Waals surface area (Å²) in [5, 5.41) is 0. The molecule has 1 aromatic rings. The summed E-state index contributed by atoms with van der Waals surface area (Å²) >= 11 is 1.91. The predicted octanol–water partition coefficient (Wildman–Crippen LogP) is 2.70. The van der Waals surface area contributed by atoms with Gasteiger partial charge in [0, 0.05) is 24.2 Å². The molecule has 0 unspecified atom stereocenters. The van der Waals surface area contributed by atoms with E-state index in [-0.39, 0.29) is 0 Å². The minimum Gasteiger partial charge on any atom is -0.326 e. The maximum Gasteiger partial charge on any atom is 0.138 e. The quantitative estimate of drug-likeness (QED) is 0.844. The molecule has 4 heteroatoms. The number of thioether (sulfide) groups is 1. The summed E-state index contributed by atoms with van der Waals surface area (Å²) in [5.74, 6) is 4.44. The van der Waals surface area contributed by atoms with Gasteiger partial charge in [0.15, 0.2) is 0 Å². The molecule has 0 saturated heterocycles. The lowest BCUT2D eigenvalue weighted by Gasteiger charge is -2.08. The molecule has 0 aromatic carbocycles. The molecule has 17 heavy (non-hydrogen) atoms. The first-order valence-electron chi connectivity index (χ1n) is 6.33. The van der Waals surface area contributed by atoms with E-state index in [4.69, 9.17) is 10.7 Å². The van der Waals surface area contributed by atoms with Crippen molar-refractivity contribution in [2.24, 2.45) is 11.7 Å². The first-order chi connectivity index (χ1) is 8.20. The second-order valence-corrected chi connectivity index (χ2v) is 6.11. The Morgan fingerprint density at radius 1 is 1.47 bits per heavy atom. The number of nitrogens with zero attached hydrogens (tertiary/aromatic N) is 2. The van der Waals surface area contributed by atoms with E-state index in [0.29, 0.717) is 12.5 Å². The Labute approximate surface area is 108 Å². The van der Waals surface area contributed by atoms with Crippen molar-refractivity contribution in [2.75, 3.05) is 5.75 Å². The number of hydrogen-bond acceptors (Lipinski definition) is 4. The molecule has 0 bridgehead atoms. The van der Waals surface area contributed by atoms with Crippen LogP contribution in [0.15, 0.2) is 6.20 Å². The second-order valence-electron chi connectivity index (χ2n) is 5.08. The highest BCUT2D eigenvalue weighted by molar-refractivity contribution is 7.98. The van der Waals surface area contributed by atoms with Crippen LogP contribution in [0.2, 0.25) is 0 Å². The van der Waals surface area contributed by atoms with E-state index in [2.05, 4.69) is 18.8 Å². The van der Waals surface area contributed by atoms with Crippen LogP contribution in [-0.4, -0.2) is 15.7 Å². The highest BCUT2D eigenvalue weighted by atomic mass is 32.2. The lowest BCUT2D eigenvalue weighted by atomic mass is 10.1. The molecule has 0 atom stereocenters. The highest BCUT2D eigenvalue weighted by Crippen LogP contribution is 2.40.